The van der Waals surface area contributed by atoms with Crippen LogP contribution in [0.2, 0.25) is 0 Å². The highest BCUT2D eigenvalue weighted by molar-refractivity contribution is 4.97. The van der Waals surface area contributed by atoms with Crippen molar-refractivity contribution in [3.63, 3.8) is 0 Å². The standard InChI is InChI=1S/C21H42O2/c1-18(10-6-12-20(3)14-16-22)8-5-9-19(2)11-7-13-21(4)15-17-23/h14,18-19,21-23H,5-13,15-17H2,1-4H3/t18-,19+,21-/m0/s1. The highest BCUT2D eigenvalue weighted by Crippen LogP contribution is 2.22. The van der Waals surface area contributed by atoms with Crippen LogP contribution < -0.4 is 0 Å². The molecule has 0 aliphatic heterocycles. The maximum absolute atomic E-state index is 8.92. The van der Waals surface area contributed by atoms with Gasteiger partial charge in [0.05, 0.1) is 6.61 Å². The monoisotopic (exact) mass is 326 g/mol. The van der Waals surface area contributed by atoms with Gasteiger partial charge in [-0.2, -0.15) is 0 Å². The first-order chi connectivity index (χ1) is 11.0. The van der Waals surface area contributed by atoms with Crippen LogP contribution in [-0.4, -0.2) is 23.4 Å². The second-order valence-corrected chi connectivity index (χ2v) is 7.81. The summed E-state index contributed by atoms with van der Waals surface area (Å²) in [7, 11) is 0. The first-order valence-corrected chi connectivity index (χ1v) is 9.86. The molecular formula is C21H42O2. The van der Waals surface area contributed by atoms with Crippen molar-refractivity contribution in [2.45, 2.75) is 91.9 Å². The molecule has 0 unspecified atom stereocenters. The SMILES string of the molecule is CC(=CCO)CCC[C@@H](C)CCC[C@@H](C)CCC[C@H](C)CCO. The average molecular weight is 327 g/mol. The van der Waals surface area contributed by atoms with Gasteiger partial charge in [-0.05, 0) is 43.9 Å². The molecule has 2 N–H and O–H groups in total. The van der Waals surface area contributed by atoms with Gasteiger partial charge in [-0.15, -0.1) is 0 Å². The first-order valence-electron chi connectivity index (χ1n) is 9.86. The first kappa shape index (κ1) is 22.7. The van der Waals surface area contributed by atoms with Crippen molar-refractivity contribution in [2.24, 2.45) is 17.8 Å². The van der Waals surface area contributed by atoms with Gasteiger partial charge in [0.1, 0.15) is 0 Å². The van der Waals surface area contributed by atoms with Crippen LogP contribution in [0.3, 0.4) is 0 Å². The summed E-state index contributed by atoms with van der Waals surface area (Å²) < 4.78 is 0. The maximum atomic E-state index is 8.92. The number of rotatable bonds is 15. The van der Waals surface area contributed by atoms with E-state index < -0.39 is 0 Å². The van der Waals surface area contributed by atoms with Gasteiger partial charge in [0.15, 0.2) is 0 Å². The molecule has 0 heterocycles. The third-order valence-corrected chi connectivity index (χ3v) is 5.12. The average Bonchev–Trinajstić information content (AvgIpc) is 2.47. The van der Waals surface area contributed by atoms with Crippen molar-refractivity contribution >= 4 is 0 Å². The molecule has 0 aliphatic carbocycles. The molecule has 0 bridgehead atoms. The largest absolute Gasteiger partial charge is 0.396 e. The number of hydrogen-bond donors (Lipinski definition) is 2. The number of allylic oxidation sites excluding steroid dienone is 1. The van der Waals surface area contributed by atoms with E-state index in [4.69, 9.17) is 10.2 Å². The van der Waals surface area contributed by atoms with E-state index in [1.165, 1.54) is 56.9 Å². The van der Waals surface area contributed by atoms with Gasteiger partial charge in [0, 0.05) is 6.61 Å². The van der Waals surface area contributed by atoms with Crippen LogP contribution in [0.1, 0.15) is 91.9 Å². The van der Waals surface area contributed by atoms with E-state index in [0.717, 1.165) is 24.7 Å². The normalized spacial score (nSPS) is 16.3. The van der Waals surface area contributed by atoms with Crippen LogP contribution in [0, 0.1) is 17.8 Å². The lowest BCUT2D eigenvalue weighted by Gasteiger charge is -2.15. The molecule has 0 aromatic carbocycles. The summed E-state index contributed by atoms with van der Waals surface area (Å²) in [5, 5.41) is 17.8. The Morgan fingerprint density at radius 1 is 0.739 bits per heavy atom. The van der Waals surface area contributed by atoms with E-state index in [1.54, 1.807) is 0 Å². The van der Waals surface area contributed by atoms with Crippen LogP contribution in [0.25, 0.3) is 0 Å². The molecule has 0 saturated heterocycles. The summed E-state index contributed by atoms with van der Waals surface area (Å²) in [6.45, 7) is 9.66. The smallest absolute Gasteiger partial charge is 0.0614 e. The molecule has 0 aromatic heterocycles. The molecule has 0 aliphatic rings. The Kier molecular flexibility index (Phi) is 15.0. The summed E-state index contributed by atoms with van der Waals surface area (Å²) in [4.78, 5) is 0. The Bertz CT molecular complexity index is 286. The van der Waals surface area contributed by atoms with Crippen LogP contribution in [0.4, 0.5) is 0 Å². The lowest BCUT2D eigenvalue weighted by molar-refractivity contribution is 0.255. The molecule has 138 valence electrons. The van der Waals surface area contributed by atoms with E-state index in [-0.39, 0.29) is 6.61 Å². The van der Waals surface area contributed by atoms with E-state index in [1.807, 2.05) is 6.08 Å². The minimum Gasteiger partial charge on any atom is -0.396 e. The van der Waals surface area contributed by atoms with Crippen LogP contribution in [0.15, 0.2) is 11.6 Å². The highest BCUT2D eigenvalue weighted by atomic mass is 16.3. The van der Waals surface area contributed by atoms with Crippen LogP contribution in [-0.2, 0) is 0 Å². The molecule has 0 rings (SSSR count). The predicted molar refractivity (Wildman–Crippen MR) is 102 cm³/mol. The van der Waals surface area contributed by atoms with E-state index in [0.29, 0.717) is 12.5 Å². The van der Waals surface area contributed by atoms with Gasteiger partial charge in [0.2, 0.25) is 0 Å². The summed E-state index contributed by atoms with van der Waals surface area (Å²) in [6.07, 6.45) is 14.6. The van der Waals surface area contributed by atoms with Crippen molar-refractivity contribution in [2.75, 3.05) is 13.2 Å². The second-order valence-electron chi connectivity index (χ2n) is 7.81. The summed E-state index contributed by atoms with van der Waals surface area (Å²) in [6, 6.07) is 0. The molecular weight excluding hydrogens is 284 g/mol. The van der Waals surface area contributed by atoms with Crippen molar-refractivity contribution in [3.05, 3.63) is 11.6 Å². The van der Waals surface area contributed by atoms with E-state index in [9.17, 15) is 0 Å². The number of aliphatic hydroxyl groups is 2. The fourth-order valence-corrected chi connectivity index (χ4v) is 3.27. The van der Waals surface area contributed by atoms with Crippen LogP contribution in [0.5, 0.6) is 0 Å². The van der Waals surface area contributed by atoms with E-state index in [2.05, 4.69) is 27.7 Å². The quantitative estimate of drug-likeness (QED) is 0.377. The molecule has 0 spiro atoms. The molecule has 0 radical (unpaired) electrons. The Balaban J connectivity index is 3.55. The summed E-state index contributed by atoms with van der Waals surface area (Å²) in [5.41, 5.74) is 1.32. The topological polar surface area (TPSA) is 40.5 Å². The van der Waals surface area contributed by atoms with Crippen molar-refractivity contribution in [3.8, 4) is 0 Å². The zero-order valence-electron chi connectivity index (χ0n) is 16.2. The molecule has 0 fully saturated rings. The van der Waals surface area contributed by atoms with Gasteiger partial charge in [-0.3, -0.25) is 0 Å². The highest BCUT2D eigenvalue weighted by Gasteiger charge is 2.07. The maximum Gasteiger partial charge on any atom is 0.0614 e. The van der Waals surface area contributed by atoms with Crippen molar-refractivity contribution < 1.29 is 10.2 Å². The Labute approximate surface area is 145 Å². The molecule has 0 amide bonds. The second kappa shape index (κ2) is 15.2. The third kappa shape index (κ3) is 15.0. The molecule has 2 heteroatoms. The Hall–Kier alpha value is -0.340. The van der Waals surface area contributed by atoms with Crippen molar-refractivity contribution in [1.29, 1.82) is 0 Å². The zero-order chi connectivity index (χ0) is 17.5. The fraction of sp³-hybridized carbons (Fsp3) is 0.905. The lowest BCUT2D eigenvalue weighted by atomic mass is 9.91. The summed E-state index contributed by atoms with van der Waals surface area (Å²) in [5.74, 6) is 2.35. The number of aliphatic hydroxyl groups excluding tert-OH is 2. The lowest BCUT2D eigenvalue weighted by Crippen LogP contribution is -2.02. The summed E-state index contributed by atoms with van der Waals surface area (Å²) >= 11 is 0. The third-order valence-electron chi connectivity index (χ3n) is 5.12. The van der Waals surface area contributed by atoms with Gasteiger partial charge < -0.3 is 10.2 Å². The van der Waals surface area contributed by atoms with Gasteiger partial charge in [0.25, 0.3) is 0 Å². The molecule has 3 atom stereocenters. The minimum atomic E-state index is 0.179. The molecule has 23 heavy (non-hydrogen) atoms. The zero-order valence-corrected chi connectivity index (χ0v) is 16.2. The van der Waals surface area contributed by atoms with Gasteiger partial charge >= 0.3 is 0 Å². The van der Waals surface area contributed by atoms with E-state index >= 15 is 0 Å². The molecule has 0 aromatic rings. The van der Waals surface area contributed by atoms with Crippen LogP contribution >= 0.6 is 0 Å². The Morgan fingerprint density at radius 2 is 1.17 bits per heavy atom. The fourth-order valence-electron chi connectivity index (χ4n) is 3.27. The Morgan fingerprint density at radius 3 is 1.61 bits per heavy atom. The molecule has 2 nitrogen and oxygen atoms in total. The number of hydrogen-bond acceptors (Lipinski definition) is 2. The van der Waals surface area contributed by atoms with Gasteiger partial charge in [-0.1, -0.05) is 77.4 Å². The van der Waals surface area contributed by atoms with Crippen molar-refractivity contribution in [1.82, 2.24) is 0 Å². The van der Waals surface area contributed by atoms with Gasteiger partial charge in [-0.25, -0.2) is 0 Å². The minimum absolute atomic E-state index is 0.179. The predicted octanol–water partition coefficient (Wildman–Crippen LogP) is 5.73. The molecule has 0 saturated carbocycles.